The molecule has 3 N–H and O–H groups in total. The Morgan fingerprint density at radius 1 is 1.38 bits per heavy atom. The van der Waals surface area contributed by atoms with Gasteiger partial charge in [0.1, 0.15) is 16.5 Å². The molecule has 0 aliphatic heterocycles. The average molecular weight is 383 g/mol. The first-order valence-corrected chi connectivity index (χ1v) is 8.80. The monoisotopic (exact) mass is 382 g/mol. The first-order chi connectivity index (χ1) is 9.75. The van der Waals surface area contributed by atoms with Crippen molar-refractivity contribution in [3.63, 3.8) is 0 Å². The van der Waals surface area contributed by atoms with Crippen LogP contribution < -0.4 is 15.2 Å². The van der Waals surface area contributed by atoms with Crippen molar-refractivity contribution in [3.8, 4) is 5.75 Å². The van der Waals surface area contributed by atoms with Gasteiger partial charge < -0.3 is 10.5 Å². The molecule has 0 aliphatic rings. The minimum Gasteiger partial charge on any atom is -0.495 e. The van der Waals surface area contributed by atoms with Crippen LogP contribution in [0.25, 0.3) is 0 Å². The summed E-state index contributed by atoms with van der Waals surface area (Å²) >= 11 is 3.00. The van der Waals surface area contributed by atoms with Gasteiger partial charge in [0, 0.05) is 12.1 Å². The zero-order chi connectivity index (χ0) is 16.3. The third-order valence-corrected chi connectivity index (χ3v) is 5.80. The van der Waals surface area contributed by atoms with Gasteiger partial charge in [-0.1, -0.05) is 13.8 Å². The number of rotatable bonds is 7. The molecule has 8 heteroatoms. The Bertz CT molecular complexity index is 595. The predicted molar refractivity (Wildman–Crippen MR) is 83.3 cm³/mol. The highest BCUT2D eigenvalue weighted by Gasteiger charge is 2.32. The molecule has 0 aromatic heterocycles. The second kappa shape index (κ2) is 7.04. The van der Waals surface area contributed by atoms with Crippen LogP contribution in [0.2, 0.25) is 0 Å². The number of nitrogens with one attached hydrogen (secondary N) is 1. The fourth-order valence-corrected chi connectivity index (χ4v) is 3.98. The van der Waals surface area contributed by atoms with E-state index in [0.29, 0.717) is 12.8 Å². The maximum atomic E-state index is 13.7. The van der Waals surface area contributed by atoms with Gasteiger partial charge in [0.25, 0.3) is 0 Å². The molecule has 0 saturated carbocycles. The summed E-state index contributed by atoms with van der Waals surface area (Å²) in [5.74, 6) is -0.614. The lowest BCUT2D eigenvalue weighted by Gasteiger charge is -2.31. The van der Waals surface area contributed by atoms with E-state index in [1.54, 1.807) is 0 Å². The fraction of sp³-hybridized carbons (Fsp3) is 0.538. The van der Waals surface area contributed by atoms with E-state index in [2.05, 4.69) is 20.7 Å². The minimum atomic E-state index is -3.95. The highest BCUT2D eigenvalue weighted by Crippen LogP contribution is 2.31. The zero-order valence-electron chi connectivity index (χ0n) is 12.2. The van der Waals surface area contributed by atoms with E-state index in [-0.39, 0.29) is 21.7 Å². The number of methoxy groups -OCH3 is 1. The minimum absolute atomic E-state index is 0.0638. The summed E-state index contributed by atoms with van der Waals surface area (Å²) in [5, 5.41) is 0. The third-order valence-electron chi connectivity index (χ3n) is 3.59. The van der Waals surface area contributed by atoms with Crippen molar-refractivity contribution in [1.82, 2.24) is 4.72 Å². The molecule has 0 amide bonds. The van der Waals surface area contributed by atoms with Gasteiger partial charge in [0.2, 0.25) is 10.0 Å². The molecule has 1 aromatic carbocycles. The molecule has 0 fully saturated rings. The van der Waals surface area contributed by atoms with E-state index in [9.17, 15) is 12.8 Å². The Hall–Kier alpha value is -0.700. The second-order valence-corrected chi connectivity index (χ2v) is 7.22. The lowest BCUT2D eigenvalue weighted by Crippen LogP contribution is -2.52. The van der Waals surface area contributed by atoms with Crippen LogP contribution >= 0.6 is 15.9 Å². The summed E-state index contributed by atoms with van der Waals surface area (Å²) in [5.41, 5.74) is 4.94. The van der Waals surface area contributed by atoms with Crippen molar-refractivity contribution in [1.29, 1.82) is 0 Å². The van der Waals surface area contributed by atoms with E-state index in [4.69, 9.17) is 10.5 Å². The van der Waals surface area contributed by atoms with E-state index in [0.717, 1.165) is 6.07 Å². The van der Waals surface area contributed by atoms with Crippen molar-refractivity contribution in [2.45, 2.75) is 37.1 Å². The molecule has 0 unspecified atom stereocenters. The highest BCUT2D eigenvalue weighted by molar-refractivity contribution is 9.10. The summed E-state index contributed by atoms with van der Waals surface area (Å²) in [6.07, 6.45) is 1.06. The number of halogens is 2. The largest absolute Gasteiger partial charge is 0.495 e. The summed E-state index contributed by atoms with van der Waals surface area (Å²) in [4.78, 5) is -0.245. The number of benzene rings is 1. The van der Waals surface area contributed by atoms with Gasteiger partial charge >= 0.3 is 0 Å². The van der Waals surface area contributed by atoms with Gasteiger partial charge in [-0.3, -0.25) is 0 Å². The van der Waals surface area contributed by atoms with Crippen molar-refractivity contribution in [3.05, 3.63) is 22.4 Å². The van der Waals surface area contributed by atoms with Crippen LogP contribution in [-0.2, 0) is 10.0 Å². The molecule has 0 saturated heterocycles. The molecular weight excluding hydrogens is 363 g/mol. The standard InChI is InChI=1S/C13H20BrFN2O3S/c1-4-13(5-2,8-16)17-21(18,19)12-7-10(15)9(14)6-11(12)20-3/h6-7,17H,4-5,8,16H2,1-3H3. The second-order valence-electron chi connectivity index (χ2n) is 4.71. The van der Waals surface area contributed by atoms with E-state index in [1.807, 2.05) is 13.8 Å². The Labute approximate surface area is 133 Å². The normalized spacial score (nSPS) is 12.5. The average Bonchev–Trinajstić information content (AvgIpc) is 2.47. The number of hydrogen-bond acceptors (Lipinski definition) is 4. The van der Waals surface area contributed by atoms with E-state index < -0.39 is 21.4 Å². The van der Waals surface area contributed by atoms with Gasteiger partial charge in [0.15, 0.2) is 0 Å². The third kappa shape index (κ3) is 3.94. The smallest absolute Gasteiger partial charge is 0.244 e. The molecular formula is C13H20BrFN2O3S. The lowest BCUT2D eigenvalue weighted by atomic mass is 9.95. The van der Waals surface area contributed by atoms with Crippen LogP contribution in [0.3, 0.4) is 0 Å². The van der Waals surface area contributed by atoms with Crippen LogP contribution in [0.1, 0.15) is 26.7 Å². The molecule has 120 valence electrons. The van der Waals surface area contributed by atoms with Crippen LogP contribution in [0.15, 0.2) is 21.5 Å². The fourth-order valence-electron chi connectivity index (χ4n) is 1.94. The Morgan fingerprint density at radius 3 is 2.38 bits per heavy atom. The zero-order valence-corrected chi connectivity index (χ0v) is 14.6. The number of ether oxygens (including phenoxy) is 1. The van der Waals surface area contributed by atoms with E-state index in [1.165, 1.54) is 13.2 Å². The van der Waals surface area contributed by atoms with Crippen molar-refractivity contribution >= 4 is 26.0 Å². The Kier molecular flexibility index (Phi) is 6.15. The maximum Gasteiger partial charge on any atom is 0.244 e. The van der Waals surface area contributed by atoms with Gasteiger partial charge in [-0.25, -0.2) is 17.5 Å². The summed E-state index contributed by atoms with van der Waals surface area (Å²) in [7, 11) is -2.62. The van der Waals surface area contributed by atoms with E-state index >= 15 is 0 Å². The molecule has 0 heterocycles. The van der Waals surface area contributed by atoms with Gasteiger partial charge in [0.05, 0.1) is 11.6 Å². The summed E-state index contributed by atoms with van der Waals surface area (Å²) in [6.45, 7) is 3.84. The van der Waals surface area contributed by atoms with Crippen molar-refractivity contribution < 1.29 is 17.5 Å². The van der Waals surface area contributed by atoms with Gasteiger partial charge in [-0.05, 0) is 40.9 Å². The lowest BCUT2D eigenvalue weighted by molar-refractivity contribution is 0.360. The van der Waals surface area contributed by atoms with Gasteiger partial charge in [-0.2, -0.15) is 0 Å². The van der Waals surface area contributed by atoms with Crippen molar-refractivity contribution in [2.24, 2.45) is 5.73 Å². The Balaban J connectivity index is 3.34. The topological polar surface area (TPSA) is 81.4 Å². The molecule has 0 bridgehead atoms. The molecule has 1 rings (SSSR count). The molecule has 1 aromatic rings. The number of sulfonamides is 1. The first kappa shape index (κ1) is 18.3. The molecule has 0 radical (unpaired) electrons. The van der Waals surface area contributed by atoms with Crippen molar-refractivity contribution in [2.75, 3.05) is 13.7 Å². The van der Waals surface area contributed by atoms with Crippen LogP contribution in [0.5, 0.6) is 5.75 Å². The van der Waals surface area contributed by atoms with Gasteiger partial charge in [-0.15, -0.1) is 0 Å². The summed E-state index contributed by atoms with van der Waals surface area (Å²) < 4.78 is 46.5. The number of nitrogens with two attached hydrogens (primary N) is 1. The molecule has 0 aliphatic carbocycles. The van der Waals surface area contributed by atoms with Crippen LogP contribution in [-0.4, -0.2) is 27.6 Å². The molecule has 5 nitrogen and oxygen atoms in total. The first-order valence-electron chi connectivity index (χ1n) is 6.52. The summed E-state index contributed by atoms with van der Waals surface area (Å²) in [6, 6.07) is 2.21. The quantitative estimate of drug-likeness (QED) is 0.758. The predicted octanol–water partition coefficient (Wildman–Crippen LogP) is 2.39. The maximum absolute atomic E-state index is 13.7. The number of hydrogen-bond donors (Lipinski definition) is 2. The van der Waals surface area contributed by atoms with Crippen LogP contribution in [0, 0.1) is 5.82 Å². The van der Waals surface area contributed by atoms with Crippen LogP contribution in [0.4, 0.5) is 4.39 Å². The molecule has 21 heavy (non-hydrogen) atoms. The SMILES string of the molecule is CCC(CC)(CN)NS(=O)(=O)c1cc(F)c(Br)cc1OC. The highest BCUT2D eigenvalue weighted by atomic mass is 79.9. The molecule has 0 atom stereocenters. The molecule has 0 spiro atoms. The Morgan fingerprint density at radius 2 is 1.95 bits per heavy atom.